The summed E-state index contributed by atoms with van der Waals surface area (Å²) in [5.41, 5.74) is 0. The Morgan fingerprint density at radius 3 is 2.56 bits per heavy atom. The number of hydrogen-bond acceptors (Lipinski definition) is 3. The van der Waals surface area contributed by atoms with Crippen molar-refractivity contribution < 1.29 is 14.7 Å². The first-order valence-electron chi connectivity index (χ1n) is 5.41. The van der Waals surface area contributed by atoms with E-state index in [0.29, 0.717) is 10.9 Å². The number of rotatable bonds is 5. The molecule has 0 aromatic carbocycles. The van der Waals surface area contributed by atoms with Crippen molar-refractivity contribution in [2.24, 2.45) is 5.92 Å². The van der Waals surface area contributed by atoms with Gasteiger partial charge in [0.05, 0.1) is 10.9 Å². The predicted octanol–water partition coefficient (Wildman–Crippen LogP) is 2.31. The van der Waals surface area contributed by atoms with Gasteiger partial charge in [0.1, 0.15) is 6.04 Å². The van der Waals surface area contributed by atoms with Gasteiger partial charge in [0.15, 0.2) is 0 Å². The molecule has 0 aliphatic carbocycles. The molecule has 1 rings (SSSR count). The van der Waals surface area contributed by atoms with Crippen LogP contribution in [-0.2, 0) is 11.3 Å². The highest BCUT2D eigenvalue weighted by atomic mass is 35.5. The van der Waals surface area contributed by atoms with Crippen LogP contribution < -0.4 is 10.6 Å². The van der Waals surface area contributed by atoms with Gasteiger partial charge in [-0.25, -0.2) is 9.59 Å². The summed E-state index contributed by atoms with van der Waals surface area (Å²) in [5, 5.41) is 13.9. The van der Waals surface area contributed by atoms with Crippen molar-refractivity contribution in [3.63, 3.8) is 0 Å². The summed E-state index contributed by atoms with van der Waals surface area (Å²) in [6, 6.07) is 2.16. The molecule has 0 radical (unpaired) electrons. The van der Waals surface area contributed by atoms with Crippen LogP contribution >= 0.6 is 22.9 Å². The van der Waals surface area contributed by atoms with Crippen LogP contribution in [0, 0.1) is 5.92 Å². The van der Waals surface area contributed by atoms with E-state index in [9.17, 15) is 9.59 Å². The number of thiophene rings is 1. The van der Waals surface area contributed by atoms with Crippen LogP contribution in [-0.4, -0.2) is 23.1 Å². The highest BCUT2D eigenvalue weighted by molar-refractivity contribution is 7.16. The second-order valence-corrected chi connectivity index (χ2v) is 5.89. The number of amides is 2. The van der Waals surface area contributed by atoms with Crippen molar-refractivity contribution in [3.8, 4) is 0 Å². The fraction of sp³-hybridized carbons (Fsp3) is 0.455. The molecule has 2 amide bonds. The summed E-state index contributed by atoms with van der Waals surface area (Å²) in [5.74, 6) is -1.22. The molecule has 100 valence electrons. The highest BCUT2D eigenvalue weighted by Crippen LogP contribution is 2.20. The van der Waals surface area contributed by atoms with Gasteiger partial charge in [-0.2, -0.15) is 0 Å². The van der Waals surface area contributed by atoms with E-state index >= 15 is 0 Å². The molecule has 18 heavy (non-hydrogen) atoms. The lowest BCUT2D eigenvalue weighted by Crippen LogP contribution is -2.48. The first kappa shape index (κ1) is 14.8. The first-order chi connectivity index (χ1) is 8.40. The number of nitrogens with one attached hydrogen (secondary N) is 2. The minimum atomic E-state index is -1.04. The molecule has 1 atom stereocenters. The van der Waals surface area contributed by atoms with Crippen LogP contribution in [0.15, 0.2) is 12.1 Å². The van der Waals surface area contributed by atoms with Gasteiger partial charge >= 0.3 is 12.0 Å². The Hall–Kier alpha value is -1.27. The van der Waals surface area contributed by atoms with Gasteiger partial charge in [0.2, 0.25) is 0 Å². The predicted molar refractivity (Wildman–Crippen MR) is 71.0 cm³/mol. The Kier molecular flexibility index (Phi) is 5.43. The second-order valence-electron chi connectivity index (χ2n) is 4.09. The zero-order chi connectivity index (χ0) is 13.7. The summed E-state index contributed by atoms with van der Waals surface area (Å²) in [4.78, 5) is 23.3. The second kappa shape index (κ2) is 6.61. The van der Waals surface area contributed by atoms with Crippen molar-refractivity contribution in [2.75, 3.05) is 0 Å². The standard InChI is InChI=1S/C11H15ClN2O3S/c1-6(2)9(10(15)16)14-11(17)13-5-7-3-4-8(12)18-7/h3-4,6,9H,5H2,1-2H3,(H,15,16)(H2,13,14,17)/t9-/m0/s1. The maximum absolute atomic E-state index is 11.5. The third kappa shape index (κ3) is 4.54. The molecule has 5 nitrogen and oxygen atoms in total. The molecule has 0 unspecified atom stereocenters. The minimum absolute atomic E-state index is 0.176. The van der Waals surface area contributed by atoms with Crippen LogP contribution in [0.25, 0.3) is 0 Å². The lowest BCUT2D eigenvalue weighted by atomic mass is 10.1. The minimum Gasteiger partial charge on any atom is -0.480 e. The van der Waals surface area contributed by atoms with Gasteiger partial charge in [-0.15, -0.1) is 11.3 Å². The molecule has 0 bridgehead atoms. The third-order valence-electron chi connectivity index (χ3n) is 2.27. The van der Waals surface area contributed by atoms with Crippen molar-refractivity contribution in [3.05, 3.63) is 21.3 Å². The van der Waals surface area contributed by atoms with E-state index < -0.39 is 18.0 Å². The number of hydrogen-bond donors (Lipinski definition) is 3. The maximum atomic E-state index is 11.5. The molecule has 0 saturated heterocycles. The summed E-state index contributed by atoms with van der Waals surface area (Å²) in [6.45, 7) is 3.80. The zero-order valence-electron chi connectivity index (χ0n) is 10.1. The fourth-order valence-corrected chi connectivity index (χ4v) is 2.35. The quantitative estimate of drug-likeness (QED) is 0.778. The Morgan fingerprint density at radius 2 is 2.11 bits per heavy atom. The van der Waals surface area contributed by atoms with E-state index in [0.717, 1.165) is 4.88 Å². The van der Waals surface area contributed by atoms with Crippen molar-refractivity contribution in [2.45, 2.75) is 26.4 Å². The van der Waals surface area contributed by atoms with Gasteiger partial charge in [-0.05, 0) is 18.1 Å². The average molecular weight is 291 g/mol. The van der Waals surface area contributed by atoms with Gasteiger partial charge < -0.3 is 15.7 Å². The summed E-state index contributed by atoms with van der Waals surface area (Å²) in [6.07, 6.45) is 0. The van der Waals surface area contributed by atoms with Gasteiger partial charge in [-0.1, -0.05) is 25.4 Å². The molecule has 3 N–H and O–H groups in total. The number of carbonyl (C=O) groups is 2. The number of carbonyl (C=O) groups excluding carboxylic acids is 1. The van der Waals surface area contributed by atoms with Crippen LogP contribution in [0.5, 0.6) is 0 Å². The van der Waals surface area contributed by atoms with Gasteiger partial charge in [0.25, 0.3) is 0 Å². The Labute approximate surface area is 114 Å². The van der Waals surface area contributed by atoms with Crippen LogP contribution in [0.3, 0.4) is 0 Å². The molecule has 7 heteroatoms. The van der Waals surface area contributed by atoms with Crippen molar-refractivity contribution in [1.82, 2.24) is 10.6 Å². The van der Waals surface area contributed by atoms with Gasteiger partial charge in [0, 0.05) is 4.88 Å². The topological polar surface area (TPSA) is 78.4 Å². The molecule has 1 aromatic heterocycles. The smallest absolute Gasteiger partial charge is 0.326 e. The molecule has 1 aromatic rings. The number of halogens is 1. The van der Waals surface area contributed by atoms with Crippen LogP contribution in [0.2, 0.25) is 4.34 Å². The molecule has 0 fully saturated rings. The summed E-state index contributed by atoms with van der Waals surface area (Å²) in [7, 11) is 0. The molecule has 0 aliphatic rings. The number of carboxylic acid groups (broad SMARTS) is 1. The average Bonchev–Trinajstić information content (AvgIpc) is 2.68. The maximum Gasteiger partial charge on any atom is 0.326 e. The number of carboxylic acids is 1. The van der Waals surface area contributed by atoms with Crippen LogP contribution in [0.1, 0.15) is 18.7 Å². The molecule has 0 saturated carbocycles. The molecular formula is C11H15ClN2O3S. The van der Waals surface area contributed by atoms with E-state index in [1.54, 1.807) is 19.9 Å². The SMILES string of the molecule is CC(C)[C@H](NC(=O)NCc1ccc(Cl)s1)C(=O)O. The Morgan fingerprint density at radius 1 is 1.44 bits per heavy atom. The summed E-state index contributed by atoms with van der Waals surface area (Å²) < 4.78 is 0.651. The monoisotopic (exact) mass is 290 g/mol. The fourth-order valence-electron chi connectivity index (χ4n) is 1.32. The number of aliphatic carboxylic acids is 1. The molecule has 1 heterocycles. The van der Waals surface area contributed by atoms with E-state index in [4.69, 9.17) is 16.7 Å². The Balaban J connectivity index is 2.43. The Bertz CT molecular complexity index is 434. The zero-order valence-corrected chi connectivity index (χ0v) is 11.6. The van der Waals surface area contributed by atoms with E-state index in [2.05, 4.69) is 10.6 Å². The lowest BCUT2D eigenvalue weighted by molar-refractivity contribution is -0.140. The van der Waals surface area contributed by atoms with E-state index in [-0.39, 0.29) is 5.92 Å². The van der Waals surface area contributed by atoms with Crippen LogP contribution in [0.4, 0.5) is 4.79 Å². The largest absolute Gasteiger partial charge is 0.480 e. The van der Waals surface area contributed by atoms with Gasteiger partial charge in [-0.3, -0.25) is 0 Å². The highest BCUT2D eigenvalue weighted by Gasteiger charge is 2.23. The van der Waals surface area contributed by atoms with Crippen molar-refractivity contribution in [1.29, 1.82) is 0 Å². The van der Waals surface area contributed by atoms with E-state index in [1.807, 2.05) is 6.07 Å². The normalized spacial score (nSPS) is 12.2. The third-order valence-corrected chi connectivity index (χ3v) is 3.50. The lowest BCUT2D eigenvalue weighted by Gasteiger charge is -2.18. The van der Waals surface area contributed by atoms with Crippen molar-refractivity contribution >= 4 is 34.9 Å². The molecule has 0 spiro atoms. The molecular weight excluding hydrogens is 276 g/mol. The number of urea groups is 1. The first-order valence-corrected chi connectivity index (χ1v) is 6.61. The molecule has 0 aliphatic heterocycles. The van der Waals surface area contributed by atoms with E-state index in [1.165, 1.54) is 11.3 Å². The summed E-state index contributed by atoms with van der Waals surface area (Å²) >= 11 is 7.12.